The van der Waals surface area contributed by atoms with Gasteiger partial charge in [-0.05, 0) is 17.9 Å². The van der Waals surface area contributed by atoms with Gasteiger partial charge in [-0.15, -0.1) is 0 Å². The summed E-state index contributed by atoms with van der Waals surface area (Å²) in [7, 11) is 0. The molecule has 0 bridgehead atoms. The summed E-state index contributed by atoms with van der Waals surface area (Å²) >= 11 is 0. The maximum absolute atomic E-state index is 11.1. The summed E-state index contributed by atoms with van der Waals surface area (Å²) in [4.78, 5) is 15.2. The highest BCUT2D eigenvalue weighted by Gasteiger charge is 2.19. The maximum atomic E-state index is 11.1. The molecule has 1 atom stereocenters. The molecular formula is C15H17NO3. The average molecular weight is 259 g/mol. The number of nitrogens with zero attached hydrogens (tertiary/aromatic N) is 1. The van der Waals surface area contributed by atoms with Crippen molar-refractivity contribution in [2.45, 2.75) is 33.1 Å². The van der Waals surface area contributed by atoms with Crippen LogP contribution in [0, 0.1) is 6.92 Å². The third-order valence-electron chi connectivity index (χ3n) is 3.29. The largest absolute Gasteiger partial charge is 0.475 e. The molecule has 0 saturated heterocycles. The topological polar surface area (TPSA) is 63.3 Å². The predicted molar refractivity (Wildman–Crippen MR) is 72.3 cm³/mol. The second-order valence-electron chi connectivity index (χ2n) is 4.65. The highest BCUT2D eigenvalue weighted by molar-refractivity contribution is 5.91. The molecule has 4 heteroatoms. The minimum atomic E-state index is -1.10. The number of carboxylic acid groups (broad SMARTS) is 1. The van der Waals surface area contributed by atoms with Gasteiger partial charge in [-0.1, -0.05) is 38.1 Å². The third kappa shape index (κ3) is 2.67. The van der Waals surface area contributed by atoms with Crippen molar-refractivity contribution >= 4 is 5.97 Å². The van der Waals surface area contributed by atoms with E-state index < -0.39 is 5.97 Å². The van der Waals surface area contributed by atoms with Gasteiger partial charge in [0.2, 0.25) is 5.76 Å². The smallest absolute Gasteiger partial charge is 0.374 e. The summed E-state index contributed by atoms with van der Waals surface area (Å²) in [6.07, 6.45) is 1.07. The van der Waals surface area contributed by atoms with E-state index in [-0.39, 0.29) is 5.76 Å². The Kier molecular flexibility index (Phi) is 3.69. The molecule has 4 nitrogen and oxygen atoms in total. The molecule has 0 aliphatic carbocycles. The lowest BCUT2D eigenvalue weighted by molar-refractivity contribution is 0.0662. The van der Waals surface area contributed by atoms with Crippen molar-refractivity contribution in [2.24, 2.45) is 0 Å². The number of rotatable bonds is 4. The molecular weight excluding hydrogens is 242 g/mol. The van der Waals surface area contributed by atoms with Gasteiger partial charge in [-0.25, -0.2) is 9.78 Å². The number of hydrogen-bond donors (Lipinski definition) is 1. The molecule has 0 aliphatic heterocycles. The van der Waals surface area contributed by atoms with E-state index in [1.165, 1.54) is 5.56 Å². The van der Waals surface area contributed by atoms with E-state index >= 15 is 0 Å². The van der Waals surface area contributed by atoms with Crippen LogP contribution in [0.3, 0.4) is 0 Å². The van der Waals surface area contributed by atoms with Crippen molar-refractivity contribution in [2.75, 3.05) is 0 Å². The average Bonchev–Trinajstić information content (AvgIpc) is 2.80. The van der Waals surface area contributed by atoms with Crippen LogP contribution in [0.5, 0.6) is 0 Å². The molecule has 0 spiro atoms. The number of oxazole rings is 1. The van der Waals surface area contributed by atoms with Crippen molar-refractivity contribution in [3.05, 3.63) is 41.5 Å². The first-order valence-electron chi connectivity index (χ1n) is 6.34. The van der Waals surface area contributed by atoms with E-state index in [2.05, 4.69) is 18.8 Å². The van der Waals surface area contributed by atoms with Gasteiger partial charge in [0, 0.05) is 12.5 Å². The molecule has 1 heterocycles. The summed E-state index contributed by atoms with van der Waals surface area (Å²) in [5.74, 6) is -0.346. The van der Waals surface area contributed by atoms with Crippen LogP contribution in [-0.4, -0.2) is 16.1 Å². The fourth-order valence-electron chi connectivity index (χ4n) is 1.97. The monoisotopic (exact) mass is 259 g/mol. The van der Waals surface area contributed by atoms with Gasteiger partial charge in [0.1, 0.15) is 5.69 Å². The van der Waals surface area contributed by atoms with Crippen molar-refractivity contribution in [1.82, 2.24) is 4.98 Å². The molecule has 1 aromatic carbocycles. The molecule has 2 aromatic rings. The summed E-state index contributed by atoms with van der Waals surface area (Å²) in [6.45, 7) is 5.95. The zero-order valence-corrected chi connectivity index (χ0v) is 11.3. The molecule has 1 aromatic heterocycles. The zero-order chi connectivity index (χ0) is 14.0. The van der Waals surface area contributed by atoms with Crippen molar-refractivity contribution < 1.29 is 14.3 Å². The highest BCUT2D eigenvalue weighted by Crippen LogP contribution is 2.26. The minimum absolute atomic E-state index is 0.103. The normalized spacial score (nSPS) is 12.4. The Balaban J connectivity index is 2.40. The number of hydrogen-bond acceptors (Lipinski definition) is 3. The Morgan fingerprint density at radius 2 is 2.00 bits per heavy atom. The first-order chi connectivity index (χ1) is 9.02. The highest BCUT2D eigenvalue weighted by atomic mass is 16.4. The van der Waals surface area contributed by atoms with Gasteiger partial charge in [0.15, 0.2) is 5.89 Å². The number of aromatic nitrogens is 1. The molecule has 0 fully saturated rings. The van der Waals surface area contributed by atoms with Crippen LogP contribution in [-0.2, 0) is 0 Å². The Labute approximate surface area is 112 Å². The van der Waals surface area contributed by atoms with Gasteiger partial charge in [0.05, 0.1) is 0 Å². The van der Waals surface area contributed by atoms with Crippen LogP contribution in [0.1, 0.15) is 48.2 Å². The molecule has 0 saturated carbocycles. The van der Waals surface area contributed by atoms with Crippen LogP contribution < -0.4 is 0 Å². The molecule has 2 rings (SSSR count). The quantitative estimate of drug-likeness (QED) is 0.905. The van der Waals surface area contributed by atoms with E-state index in [4.69, 9.17) is 9.52 Å². The number of benzene rings is 1. The van der Waals surface area contributed by atoms with Gasteiger partial charge in [-0.2, -0.15) is 0 Å². The van der Waals surface area contributed by atoms with E-state index in [0.29, 0.717) is 17.5 Å². The Bertz CT molecular complexity index is 584. The lowest BCUT2D eigenvalue weighted by Gasteiger charge is -2.09. The number of aryl methyl sites for hydroxylation is 1. The predicted octanol–water partition coefficient (Wildman–Crippen LogP) is 3.86. The van der Waals surface area contributed by atoms with E-state index in [1.807, 2.05) is 24.3 Å². The fourth-order valence-corrected chi connectivity index (χ4v) is 1.97. The molecule has 0 radical (unpaired) electrons. The van der Waals surface area contributed by atoms with Crippen molar-refractivity contribution in [3.8, 4) is 11.3 Å². The number of carbonyl (C=O) groups is 1. The second-order valence-corrected chi connectivity index (χ2v) is 4.65. The summed E-state index contributed by atoms with van der Waals surface area (Å²) in [5.41, 5.74) is 2.39. The molecule has 1 N–H and O–H groups in total. The molecule has 100 valence electrons. The Morgan fingerprint density at radius 3 is 2.53 bits per heavy atom. The second kappa shape index (κ2) is 5.26. The van der Waals surface area contributed by atoms with Gasteiger partial charge in [0.25, 0.3) is 0 Å². The van der Waals surface area contributed by atoms with Gasteiger partial charge < -0.3 is 9.52 Å². The first kappa shape index (κ1) is 13.3. The van der Waals surface area contributed by atoms with E-state index in [9.17, 15) is 4.79 Å². The van der Waals surface area contributed by atoms with Gasteiger partial charge >= 0.3 is 5.97 Å². The molecule has 0 amide bonds. The van der Waals surface area contributed by atoms with Crippen LogP contribution in [0.25, 0.3) is 11.3 Å². The van der Waals surface area contributed by atoms with Crippen molar-refractivity contribution in [3.63, 3.8) is 0 Å². The van der Waals surface area contributed by atoms with Crippen LogP contribution >= 0.6 is 0 Å². The first-order valence-corrected chi connectivity index (χ1v) is 6.34. The molecule has 0 aliphatic rings. The molecule has 19 heavy (non-hydrogen) atoms. The number of aromatic carboxylic acids is 1. The minimum Gasteiger partial charge on any atom is -0.475 e. The van der Waals surface area contributed by atoms with E-state index in [0.717, 1.165) is 12.0 Å². The molecule has 1 unspecified atom stereocenters. The zero-order valence-electron chi connectivity index (χ0n) is 11.3. The standard InChI is InChI=1S/C15H17NO3/c1-4-9(2)11-5-7-12(8-6-11)13-14(15(17)18)19-10(3)16-13/h5-9H,4H2,1-3H3,(H,17,18). The maximum Gasteiger partial charge on any atom is 0.374 e. The van der Waals surface area contributed by atoms with E-state index in [1.54, 1.807) is 6.92 Å². The lowest BCUT2D eigenvalue weighted by Crippen LogP contribution is -1.97. The van der Waals surface area contributed by atoms with Crippen LogP contribution in [0.15, 0.2) is 28.7 Å². The summed E-state index contributed by atoms with van der Waals surface area (Å²) in [6, 6.07) is 7.81. The third-order valence-corrected chi connectivity index (χ3v) is 3.29. The van der Waals surface area contributed by atoms with Crippen molar-refractivity contribution in [1.29, 1.82) is 0 Å². The summed E-state index contributed by atoms with van der Waals surface area (Å²) < 4.78 is 5.12. The Morgan fingerprint density at radius 1 is 1.37 bits per heavy atom. The fraction of sp³-hybridized carbons (Fsp3) is 0.333. The number of carboxylic acids is 1. The van der Waals surface area contributed by atoms with Crippen LogP contribution in [0.2, 0.25) is 0 Å². The Hall–Kier alpha value is -2.10. The van der Waals surface area contributed by atoms with Gasteiger partial charge in [-0.3, -0.25) is 0 Å². The summed E-state index contributed by atoms with van der Waals surface area (Å²) in [5, 5.41) is 9.09. The lowest BCUT2D eigenvalue weighted by atomic mass is 9.97. The SMILES string of the molecule is CCC(C)c1ccc(-c2nc(C)oc2C(=O)O)cc1. The van der Waals surface area contributed by atoms with Crippen LogP contribution in [0.4, 0.5) is 0 Å².